The fourth-order valence-corrected chi connectivity index (χ4v) is 2.87. The van der Waals surface area contributed by atoms with Gasteiger partial charge < -0.3 is 5.32 Å². The number of hydrogen-bond acceptors (Lipinski definition) is 1. The Morgan fingerprint density at radius 2 is 1.62 bits per heavy atom. The van der Waals surface area contributed by atoms with Crippen molar-refractivity contribution in [3.05, 3.63) is 69.2 Å². The van der Waals surface area contributed by atoms with E-state index in [1.54, 1.807) is 0 Å². The summed E-state index contributed by atoms with van der Waals surface area (Å²) in [6, 6.07) is 9.44. The lowest BCUT2D eigenvalue weighted by Crippen LogP contribution is -2.23. The van der Waals surface area contributed by atoms with E-state index in [0.717, 1.165) is 29.7 Å². The van der Waals surface area contributed by atoms with Crippen molar-refractivity contribution in [2.75, 3.05) is 6.54 Å². The van der Waals surface area contributed by atoms with Gasteiger partial charge in [-0.1, -0.05) is 28.9 Å². The molecular weight excluding hydrogens is 336 g/mol. The fraction of sp³-hybridized carbons (Fsp3) is 0.294. The van der Waals surface area contributed by atoms with Crippen molar-refractivity contribution in [1.82, 2.24) is 5.32 Å². The van der Waals surface area contributed by atoms with Crippen LogP contribution in [-0.2, 0) is 0 Å². The summed E-state index contributed by atoms with van der Waals surface area (Å²) >= 11 is 3.31. The van der Waals surface area contributed by atoms with Gasteiger partial charge in [-0.3, -0.25) is 0 Å². The molecule has 0 fully saturated rings. The average Bonchev–Trinajstić information content (AvgIpc) is 2.37. The number of aryl methyl sites for hydroxylation is 1. The summed E-state index contributed by atoms with van der Waals surface area (Å²) in [6.45, 7) is 4.68. The van der Waals surface area contributed by atoms with Gasteiger partial charge in [0.2, 0.25) is 0 Å². The Kier molecular flexibility index (Phi) is 5.48. The lowest BCUT2D eigenvalue weighted by molar-refractivity contribution is 0.576. The molecule has 0 aliphatic rings. The average molecular weight is 354 g/mol. The topological polar surface area (TPSA) is 12.0 Å². The van der Waals surface area contributed by atoms with Gasteiger partial charge in [-0.05, 0) is 66.9 Å². The van der Waals surface area contributed by atoms with Gasteiger partial charge in [0.05, 0.1) is 6.04 Å². The highest BCUT2D eigenvalue weighted by molar-refractivity contribution is 9.10. The Hall–Kier alpha value is -1.26. The molecule has 112 valence electrons. The van der Waals surface area contributed by atoms with Crippen LogP contribution in [-0.4, -0.2) is 6.54 Å². The standard InChI is InChI=1S/C17H18BrF2N/c1-3-4-21-17(12-5-11(2)6-15(19)8-12)13-7-14(18)10-16(20)9-13/h5-10,17,21H,3-4H2,1-2H3. The van der Waals surface area contributed by atoms with E-state index in [9.17, 15) is 8.78 Å². The van der Waals surface area contributed by atoms with Crippen molar-refractivity contribution in [2.45, 2.75) is 26.3 Å². The Bertz CT molecular complexity index is 536. The highest BCUT2D eigenvalue weighted by Gasteiger charge is 2.16. The lowest BCUT2D eigenvalue weighted by Gasteiger charge is -2.20. The van der Waals surface area contributed by atoms with Gasteiger partial charge in [-0.25, -0.2) is 8.78 Å². The van der Waals surface area contributed by atoms with Gasteiger partial charge in [-0.15, -0.1) is 0 Å². The minimum Gasteiger partial charge on any atom is -0.306 e. The summed E-state index contributed by atoms with van der Waals surface area (Å²) in [5.41, 5.74) is 2.43. The van der Waals surface area contributed by atoms with Crippen molar-refractivity contribution in [3.8, 4) is 0 Å². The molecule has 0 aromatic heterocycles. The second kappa shape index (κ2) is 7.14. The van der Waals surface area contributed by atoms with Crippen molar-refractivity contribution >= 4 is 15.9 Å². The van der Waals surface area contributed by atoms with Crippen LogP contribution in [0.4, 0.5) is 8.78 Å². The van der Waals surface area contributed by atoms with Crippen LogP contribution >= 0.6 is 15.9 Å². The summed E-state index contributed by atoms with van der Waals surface area (Å²) in [6.07, 6.45) is 0.946. The quantitative estimate of drug-likeness (QED) is 0.785. The predicted molar refractivity (Wildman–Crippen MR) is 85.4 cm³/mol. The summed E-state index contributed by atoms with van der Waals surface area (Å²) in [7, 11) is 0. The second-order valence-electron chi connectivity index (χ2n) is 5.15. The van der Waals surface area contributed by atoms with E-state index in [1.807, 2.05) is 19.1 Å². The van der Waals surface area contributed by atoms with E-state index in [2.05, 4.69) is 28.2 Å². The van der Waals surface area contributed by atoms with Crippen LogP contribution < -0.4 is 5.32 Å². The van der Waals surface area contributed by atoms with Crippen LogP contribution in [0.5, 0.6) is 0 Å². The first-order valence-electron chi connectivity index (χ1n) is 6.96. The molecule has 0 spiro atoms. The summed E-state index contributed by atoms with van der Waals surface area (Å²) in [5, 5.41) is 3.36. The van der Waals surface area contributed by atoms with Gasteiger partial charge in [0, 0.05) is 4.47 Å². The maximum absolute atomic E-state index is 13.7. The van der Waals surface area contributed by atoms with Gasteiger partial charge in [0.25, 0.3) is 0 Å². The third-order valence-corrected chi connectivity index (χ3v) is 3.67. The molecule has 0 bridgehead atoms. The largest absolute Gasteiger partial charge is 0.306 e. The summed E-state index contributed by atoms with van der Waals surface area (Å²) < 4.78 is 28.0. The molecule has 2 aromatic rings. The number of halogens is 3. The molecule has 0 saturated carbocycles. The van der Waals surface area contributed by atoms with E-state index in [1.165, 1.54) is 24.3 Å². The first kappa shape index (κ1) is 16.1. The van der Waals surface area contributed by atoms with E-state index in [-0.39, 0.29) is 17.7 Å². The van der Waals surface area contributed by atoms with Gasteiger partial charge >= 0.3 is 0 Å². The molecule has 0 radical (unpaired) electrons. The van der Waals surface area contributed by atoms with Crippen molar-refractivity contribution in [1.29, 1.82) is 0 Å². The van der Waals surface area contributed by atoms with Gasteiger partial charge in [0.1, 0.15) is 11.6 Å². The number of rotatable bonds is 5. The Morgan fingerprint density at radius 3 is 2.19 bits per heavy atom. The minimum atomic E-state index is -0.309. The zero-order chi connectivity index (χ0) is 15.4. The Labute approximate surface area is 132 Å². The maximum atomic E-state index is 13.7. The van der Waals surface area contributed by atoms with Crippen molar-refractivity contribution in [3.63, 3.8) is 0 Å². The highest BCUT2D eigenvalue weighted by Crippen LogP contribution is 2.27. The summed E-state index contributed by atoms with van der Waals surface area (Å²) in [5.74, 6) is -0.584. The third kappa shape index (κ3) is 4.35. The molecule has 1 nitrogen and oxygen atoms in total. The Balaban J connectivity index is 2.46. The van der Waals surface area contributed by atoms with Crippen LogP contribution in [0.3, 0.4) is 0 Å². The smallest absolute Gasteiger partial charge is 0.124 e. The lowest BCUT2D eigenvalue weighted by atomic mass is 9.97. The number of nitrogens with one attached hydrogen (secondary N) is 1. The molecule has 0 saturated heterocycles. The molecule has 4 heteroatoms. The molecule has 0 amide bonds. The molecule has 0 heterocycles. The van der Waals surface area contributed by atoms with Crippen molar-refractivity contribution in [2.24, 2.45) is 0 Å². The fourth-order valence-electron chi connectivity index (χ4n) is 2.39. The molecule has 21 heavy (non-hydrogen) atoms. The van der Waals surface area contributed by atoms with Crippen LogP contribution in [0.25, 0.3) is 0 Å². The molecular formula is C17H18BrF2N. The summed E-state index contributed by atoms with van der Waals surface area (Å²) in [4.78, 5) is 0. The zero-order valence-corrected chi connectivity index (χ0v) is 13.7. The predicted octanol–water partition coefficient (Wildman–Crippen LogP) is 5.12. The van der Waals surface area contributed by atoms with Gasteiger partial charge in [-0.2, -0.15) is 0 Å². The van der Waals surface area contributed by atoms with Crippen LogP contribution in [0, 0.1) is 18.6 Å². The normalized spacial score (nSPS) is 12.4. The number of hydrogen-bond donors (Lipinski definition) is 1. The van der Waals surface area contributed by atoms with Crippen LogP contribution in [0.2, 0.25) is 0 Å². The zero-order valence-electron chi connectivity index (χ0n) is 12.1. The monoisotopic (exact) mass is 353 g/mol. The van der Waals surface area contributed by atoms with Crippen molar-refractivity contribution < 1.29 is 8.78 Å². The Morgan fingerprint density at radius 1 is 1.00 bits per heavy atom. The molecule has 2 rings (SSSR count). The minimum absolute atomic E-state index is 0.230. The first-order chi connectivity index (χ1) is 9.99. The maximum Gasteiger partial charge on any atom is 0.124 e. The molecule has 0 aliphatic carbocycles. The van der Waals surface area contributed by atoms with E-state index < -0.39 is 0 Å². The molecule has 1 unspecified atom stereocenters. The van der Waals surface area contributed by atoms with E-state index in [0.29, 0.717) is 4.47 Å². The third-order valence-electron chi connectivity index (χ3n) is 3.21. The molecule has 1 N–H and O–H groups in total. The highest BCUT2D eigenvalue weighted by atomic mass is 79.9. The number of benzene rings is 2. The van der Waals surface area contributed by atoms with Crippen LogP contribution in [0.15, 0.2) is 40.9 Å². The molecule has 2 aromatic carbocycles. The first-order valence-corrected chi connectivity index (χ1v) is 7.75. The molecule has 0 aliphatic heterocycles. The molecule has 1 atom stereocenters. The van der Waals surface area contributed by atoms with E-state index in [4.69, 9.17) is 0 Å². The van der Waals surface area contributed by atoms with E-state index >= 15 is 0 Å². The SMILES string of the molecule is CCCNC(c1cc(C)cc(F)c1)c1cc(F)cc(Br)c1. The van der Waals surface area contributed by atoms with Crippen LogP contribution in [0.1, 0.15) is 36.1 Å². The second-order valence-corrected chi connectivity index (χ2v) is 6.07. The van der Waals surface area contributed by atoms with Gasteiger partial charge in [0.15, 0.2) is 0 Å².